The van der Waals surface area contributed by atoms with E-state index in [1.54, 1.807) is 10.9 Å². The van der Waals surface area contributed by atoms with Gasteiger partial charge >= 0.3 is 5.97 Å². The second-order valence-corrected chi connectivity index (χ2v) is 6.83. The van der Waals surface area contributed by atoms with Gasteiger partial charge in [0.05, 0.1) is 23.4 Å². The second-order valence-electron chi connectivity index (χ2n) is 6.83. The molecule has 0 N–H and O–H groups in total. The Labute approximate surface area is 163 Å². The molecule has 4 rings (SSSR count). The summed E-state index contributed by atoms with van der Waals surface area (Å²) in [4.78, 5) is 25.8. The zero-order valence-corrected chi connectivity index (χ0v) is 16.4. The van der Waals surface area contributed by atoms with Crippen molar-refractivity contribution >= 4 is 28.4 Å². The first-order valence-corrected chi connectivity index (χ1v) is 9.49. The highest BCUT2D eigenvalue weighted by atomic mass is 16.5. The summed E-state index contributed by atoms with van der Waals surface area (Å²) in [5.74, 6) is -0.341. The lowest BCUT2D eigenvalue weighted by Gasteiger charge is -2.38. The fraction of sp³-hybridized carbons (Fsp3) is 0.400. The number of fused-ring (bicyclic) bond motifs is 1. The SMILES string of the molecule is CCOC(=O)c1cnc2c(c(C)nn2C)c1N1CCN(c2ccncc2)CC1. The highest BCUT2D eigenvalue weighted by Crippen LogP contribution is 2.33. The van der Waals surface area contributed by atoms with Gasteiger partial charge in [-0.15, -0.1) is 0 Å². The summed E-state index contributed by atoms with van der Waals surface area (Å²) in [6.07, 6.45) is 5.24. The molecule has 0 radical (unpaired) electrons. The molecule has 0 amide bonds. The Balaban J connectivity index is 1.71. The van der Waals surface area contributed by atoms with Crippen molar-refractivity contribution in [2.24, 2.45) is 7.05 Å². The molecule has 1 saturated heterocycles. The molecule has 0 spiro atoms. The Morgan fingerprint density at radius 1 is 1.14 bits per heavy atom. The van der Waals surface area contributed by atoms with Crippen molar-refractivity contribution in [3.8, 4) is 0 Å². The smallest absolute Gasteiger partial charge is 0.341 e. The van der Waals surface area contributed by atoms with Gasteiger partial charge in [0.25, 0.3) is 0 Å². The van der Waals surface area contributed by atoms with Gasteiger partial charge in [0.1, 0.15) is 5.56 Å². The first kappa shape index (κ1) is 18.2. The number of carbonyl (C=O) groups excluding carboxylic acids is 1. The minimum atomic E-state index is -0.341. The van der Waals surface area contributed by atoms with Gasteiger partial charge < -0.3 is 14.5 Å². The van der Waals surface area contributed by atoms with E-state index in [9.17, 15) is 4.79 Å². The van der Waals surface area contributed by atoms with E-state index >= 15 is 0 Å². The number of hydrogen-bond donors (Lipinski definition) is 0. The molecule has 3 aromatic heterocycles. The van der Waals surface area contributed by atoms with Gasteiger partial charge in [0, 0.05) is 57.5 Å². The lowest BCUT2D eigenvalue weighted by Crippen LogP contribution is -2.47. The minimum absolute atomic E-state index is 0.332. The van der Waals surface area contributed by atoms with Gasteiger partial charge in [-0.05, 0) is 26.0 Å². The van der Waals surface area contributed by atoms with Crippen LogP contribution in [0.2, 0.25) is 0 Å². The lowest BCUT2D eigenvalue weighted by atomic mass is 10.1. The molecule has 0 aliphatic carbocycles. The van der Waals surface area contributed by atoms with E-state index < -0.39 is 0 Å². The zero-order chi connectivity index (χ0) is 19.7. The average molecular weight is 380 g/mol. The number of esters is 1. The maximum Gasteiger partial charge on any atom is 0.341 e. The summed E-state index contributed by atoms with van der Waals surface area (Å²) < 4.78 is 7.06. The van der Waals surface area contributed by atoms with Gasteiger partial charge in [-0.2, -0.15) is 5.10 Å². The van der Waals surface area contributed by atoms with Crippen molar-refractivity contribution < 1.29 is 9.53 Å². The highest BCUT2D eigenvalue weighted by Gasteiger charge is 2.27. The maximum absolute atomic E-state index is 12.6. The number of ether oxygens (including phenoxy) is 1. The number of rotatable bonds is 4. The highest BCUT2D eigenvalue weighted by molar-refractivity contribution is 6.05. The van der Waals surface area contributed by atoms with Crippen molar-refractivity contribution in [3.05, 3.63) is 42.0 Å². The van der Waals surface area contributed by atoms with E-state index in [2.05, 4.69) is 24.9 Å². The largest absolute Gasteiger partial charge is 0.462 e. The van der Waals surface area contributed by atoms with Gasteiger partial charge in [0.15, 0.2) is 5.65 Å². The van der Waals surface area contributed by atoms with Crippen LogP contribution in [0.5, 0.6) is 0 Å². The Hall–Kier alpha value is -3.16. The van der Waals surface area contributed by atoms with E-state index in [0.717, 1.165) is 54.3 Å². The van der Waals surface area contributed by atoms with E-state index in [1.807, 2.05) is 45.4 Å². The number of hydrogen-bond acceptors (Lipinski definition) is 7. The van der Waals surface area contributed by atoms with Crippen LogP contribution >= 0.6 is 0 Å². The molecule has 4 heterocycles. The number of piperazine rings is 1. The zero-order valence-electron chi connectivity index (χ0n) is 16.4. The monoisotopic (exact) mass is 380 g/mol. The fourth-order valence-corrected chi connectivity index (χ4v) is 3.82. The Morgan fingerprint density at radius 2 is 1.82 bits per heavy atom. The molecule has 1 aliphatic heterocycles. The van der Waals surface area contributed by atoms with Crippen molar-refractivity contribution in [1.29, 1.82) is 0 Å². The van der Waals surface area contributed by atoms with Crippen LogP contribution in [0.25, 0.3) is 11.0 Å². The number of nitrogens with zero attached hydrogens (tertiary/aromatic N) is 6. The molecule has 28 heavy (non-hydrogen) atoms. The van der Waals surface area contributed by atoms with Crippen LogP contribution < -0.4 is 9.80 Å². The number of aryl methyl sites for hydroxylation is 2. The standard InChI is InChI=1S/C20H24N6O2/c1-4-28-20(27)16-13-22-19-17(14(2)23-24(19)3)18(16)26-11-9-25(10-12-26)15-5-7-21-8-6-15/h5-8,13H,4,9-12H2,1-3H3. The lowest BCUT2D eigenvalue weighted by molar-refractivity contribution is 0.0527. The molecular weight excluding hydrogens is 356 g/mol. The number of carbonyl (C=O) groups is 1. The molecule has 0 aromatic carbocycles. The van der Waals surface area contributed by atoms with Gasteiger partial charge in [-0.3, -0.25) is 9.67 Å². The molecule has 0 atom stereocenters. The van der Waals surface area contributed by atoms with E-state index in [-0.39, 0.29) is 5.97 Å². The van der Waals surface area contributed by atoms with Crippen LogP contribution in [-0.2, 0) is 11.8 Å². The third-order valence-corrected chi connectivity index (χ3v) is 5.12. The molecule has 3 aromatic rings. The first-order valence-electron chi connectivity index (χ1n) is 9.49. The first-order chi connectivity index (χ1) is 13.6. The summed E-state index contributed by atoms with van der Waals surface area (Å²) in [6.45, 7) is 7.40. The van der Waals surface area contributed by atoms with E-state index in [1.165, 1.54) is 0 Å². The minimum Gasteiger partial charge on any atom is -0.462 e. The molecule has 0 unspecified atom stereocenters. The van der Waals surface area contributed by atoms with E-state index in [0.29, 0.717) is 12.2 Å². The molecule has 8 nitrogen and oxygen atoms in total. The van der Waals surface area contributed by atoms with Crippen LogP contribution in [0.3, 0.4) is 0 Å². The summed E-state index contributed by atoms with van der Waals surface area (Å²) in [7, 11) is 1.87. The molecule has 146 valence electrons. The Kier molecular flexibility index (Phi) is 4.85. The Bertz CT molecular complexity index is 993. The van der Waals surface area contributed by atoms with Crippen LogP contribution in [0.15, 0.2) is 30.7 Å². The van der Waals surface area contributed by atoms with Crippen LogP contribution in [-0.4, -0.2) is 58.5 Å². The summed E-state index contributed by atoms with van der Waals surface area (Å²) in [5, 5.41) is 5.43. The predicted molar refractivity (Wildman–Crippen MR) is 108 cm³/mol. The van der Waals surface area contributed by atoms with Crippen molar-refractivity contribution in [1.82, 2.24) is 19.7 Å². The molecular formula is C20H24N6O2. The number of pyridine rings is 2. The molecule has 1 aliphatic rings. The predicted octanol–water partition coefficient (Wildman–Crippen LogP) is 2.18. The van der Waals surface area contributed by atoms with Gasteiger partial charge in [-0.25, -0.2) is 9.78 Å². The average Bonchev–Trinajstić information content (AvgIpc) is 3.02. The molecule has 8 heteroatoms. The van der Waals surface area contributed by atoms with Crippen LogP contribution in [0, 0.1) is 6.92 Å². The summed E-state index contributed by atoms with van der Waals surface area (Å²) in [5.41, 5.74) is 4.18. The molecule has 1 fully saturated rings. The normalized spacial score (nSPS) is 14.5. The number of aromatic nitrogens is 4. The third-order valence-electron chi connectivity index (χ3n) is 5.12. The third kappa shape index (κ3) is 3.15. The van der Waals surface area contributed by atoms with Crippen molar-refractivity contribution in [2.45, 2.75) is 13.8 Å². The van der Waals surface area contributed by atoms with Gasteiger partial charge in [-0.1, -0.05) is 0 Å². The van der Waals surface area contributed by atoms with Crippen molar-refractivity contribution in [2.75, 3.05) is 42.6 Å². The Morgan fingerprint density at radius 3 is 2.50 bits per heavy atom. The van der Waals surface area contributed by atoms with Crippen molar-refractivity contribution in [3.63, 3.8) is 0 Å². The quantitative estimate of drug-likeness (QED) is 0.642. The molecule has 0 saturated carbocycles. The number of anilines is 2. The summed E-state index contributed by atoms with van der Waals surface area (Å²) in [6, 6.07) is 4.05. The summed E-state index contributed by atoms with van der Waals surface area (Å²) >= 11 is 0. The van der Waals surface area contributed by atoms with Crippen LogP contribution in [0.4, 0.5) is 11.4 Å². The van der Waals surface area contributed by atoms with Gasteiger partial charge in [0.2, 0.25) is 0 Å². The van der Waals surface area contributed by atoms with E-state index in [4.69, 9.17) is 4.74 Å². The second kappa shape index (κ2) is 7.46. The fourth-order valence-electron chi connectivity index (χ4n) is 3.82. The molecule has 0 bridgehead atoms. The topological polar surface area (TPSA) is 76.4 Å². The maximum atomic E-state index is 12.6. The van der Waals surface area contributed by atoms with Crippen LogP contribution in [0.1, 0.15) is 23.0 Å².